The molecule has 3 rings (SSSR count). The van der Waals surface area contributed by atoms with Gasteiger partial charge in [0.15, 0.2) is 0 Å². The second kappa shape index (κ2) is 53.9. The molecule has 0 amide bonds. The molecule has 0 aromatic heterocycles. The molecule has 0 atom stereocenters. The van der Waals surface area contributed by atoms with Gasteiger partial charge in [0, 0.05) is 0 Å². The van der Waals surface area contributed by atoms with Crippen molar-refractivity contribution in [2.45, 2.75) is 388 Å². The Hall–Kier alpha value is -2.51. The third-order valence-electron chi connectivity index (χ3n) is 17.9. The Bertz CT molecular complexity index is 1660. The Morgan fingerprint density at radius 3 is 0.573 bits per heavy atom. The molecule has 0 N–H and O–H groups in total. The molecule has 0 aliphatic rings. The highest BCUT2D eigenvalue weighted by atomic mass is 31.2. The lowest BCUT2D eigenvalue weighted by atomic mass is 9.95. The van der Waals surface area contributed by atoms with Gasteiger partial charge in [0.05, 0.1) is 0 Å². The fourth-order valence-corrected chi connectivity index (χ4v) is 13.7. The zero-order valence-corrected chi connectivity index (χ0v) is 56.4. The van der Waals surface area contributed by atoms with Crippen LogP contribution in [0.4, 0.5) is 0 Å². The largest absolute Gasteiger partial charge is 0.530 e. The summed E-state index contributed by atoms with van der Waals surface area (Å²) in [5.74, 6) is 2.97. The van der Waals surface area contributed by atoms with E-state index in [1.54, 1.807) is 0 Å². The minimum absolute atomic E-state index is 0.991. The summed E-state index contributed by atoms with van der Waals surface area (Å²) in [5.41, 5.74) is 8.65. The highest BCUT2D eigenvalue weighted by molar-refractivity contribution is 7.43. The number of hydrogen-bond acceptors (Lipinski definition) is 3. The van der Waals surface area contributed by atoms with Crippen LogP contribution in [0.15, 0.2) is 54.6 Å². The number of aryl methyl sites for hydroxylation is 3. The van der Waals surface area contributed by atoms with Crippen LogP contribution >= 0.6 is 8.60 Å². The molecule has 0 bridgehead atoms. The van der Waals surface area contributed by atoms with Crippen molar-refractivity contribution >= 4 is 8.60 Å². The maximum absolute atomic E-state index is 7.50. The number of hydrogen-bond donors (Lipinski definition) is 0. The molecule has 470 valence electrons. The lowest BCUT2D eigenvalue weighted by molar-refractivity contribution is 0.381. The molecule has 0 fully saturated rings. The highest BCUT2D eigenvalue weighted by Crippen LogP contribution is 2.47. The van der Waals surface area contributed by atoms with Gasteiger partial charge in [-0.25, -0.2) is 0 Å². The van der Waals surface area contributed by atoms with Crippen molar-refractivity contribution < 1.29 is 13.6 Å². The van der Waals surface area contributed by atoms with Crippen LogP contribution < -0.4 is 13.6 Å². The van der Waals surface area contributed by atoms with Crippen LogP contribution in [0.2, 0.25) is 0 Å². The molecule has 82 heavy (non-hydrogen) atoms. The second-order valence-electron chi connectivity index (χ2n) is 25.5. The monoisotopic (exact) mass is 1150 g/mol. The van der Waals surface area contributed by atoms with Gasteiger partial charge >= 0.3 is 8.60 Å². The Morgan fingerprint density at radius 1 is 0.207 bits per heavy atom. The molecule has 3 aromatic rings. The van der Waals surface area contributed by atoms with E-state index in [1.807, 2.05) is 0 Å². The molecule has 0 heterocycles. The first-order chi connectivity index (χ1) is 40.6. The molecule has 0 saturated carbocycles. The quantitative estimate of drug-likeness (QED) is 0.0416. The van der Waals surface area contributed by atoms with Gasteiger partial charge in [-0.3, -0.25) is 0 Å². The average molecular weight is 1150 g/mol. The molecule has 0 aliphatic heterocycles. The molecule has 3 nitrogen and oxygen atoms in total. The van der Waals surface area contributed by atoms with Crippen molar-refractivity contribution in [2.75, 3.05) is 0 Å². The predicted octanol–water partition coefficient (Wildman–Crippen LogP) is 27.5. The zero-order valence-electron chi connectivity index (χ0n) is 55.6. The minimum atomic E-state index is -1.85. The summed E-state index contributed by atoms with van der Waals surface area (Å²) in [4.78, 5) is 0. The van der Waals surface area contributed by atoms with Crippen LogP contribution in [-0.4, -0.2) is 0 Å². The van der Waals surface area contributed by atoms with Crippen LogP contribution in [0, 0.1) is 0 Å². The lowest BCUT2D eigenvalue weighted by Gasteiger charge is -2.24. The van der Waals surface area contributed by atoms with Gasteiger partial charge in [0.1, 0.15) is 17.2 Å². The molecular formula is C78H135O3P. The summed E-state index contributed by atoms with van der Waals surface area (Å²) in [6.45, 7) is 13.9. The smallest absolute Gasteiger partial charge is 0.408 e. The van der Waals surface area contributed by atoms with Crippen molar-refractivity contribution in [3.63, 3.8) is 0 Å². The van der Waals surface area contributed by atoms with Gasteiger partial charge < -0.3 is 13.6 Å². The predicted molar refractivity (Wildman–Crippen MR) is 366 cm³/mol. The van der Waals surface area contributed by atoms with E-state index >= 15 is 0 Å². The van der Waals surface area contributed by atoms with Crippen LogP contribution in [0.3, 0.4) is 0 Å². The van der Waals surface area contributed by atoms with E-state index in [2.05, 4.69) is 96.1 Å². The van der Waals surface area contributed by atoms with E-state index in [9.17, 15) is 0 Å². The van der Waals surface area contributed by atoms with Gasteiger partial charge in [0.25, 0.3) is 0 Å². The van der Waals surface area contributed by atoms with Crippen LogP contribution in [0.1, 0.15) is 383 Å². The lowest BCUT2D eigenvalue weighted by Crippen LogP contribution is -2.09. The highest BCUT2D eigenvalue weighted by Gasteiger charge is 2.26. The summed E-state index contributed by atoms with van der Waals surface area (Å²) in [6.07, 6.45) is 70.5. The van der Waals surface area contributed by atoms with Crippen LogP contribution in [0.25, 0.3) is 0 Å². The topological polar surface area (TPSA) is 27.7 Å². The Labute approximate surface area is 513 Å². The Balaban J connectivity index is 2.08. The summed E-state index contributed by atoms with van der Waals surface area (Å²) in [6, 6.07) is 20.9. The summed E-state index contributed by atoms with van der Waals surface area (Å²) in [5, 5.41) is 0. The van der Waals surface area contributed by atoms with E-state index in [-0.39, 0.29) is 0 Å². The third kappa shape index (κ3) is 36.5. The molecule has 0 saturated heterocycles. The third-order valence-corrected chi connectivity index (χ3v) is 19.0. The zero-order chi connectivity index (χ0) is 58.4. The molecule has 0 spiro atoms. The number of benzene rings is 3. The van der Waals surface area contributed by atoms with Gasteiger partial charge in [0.2, 0.25) is 0 Å². The van der Waals surface area contributed by atoms with E-state index in [0.717, 1.165) is 55.8 Å². The number of rotatable bonds is 60. The van der Waals surface area contributed by atoms with Crippen molar-refractivity contribution in [1.82, 2.24) is 0 Å². The number of unbranched alkanes of at least 4 members (excludes halogenated alkanes) is 42. The van der Waals surface area contributed by atoms with E-state index in [0.29, 0.717) is 0 Å². The van der Waals surface area contributed by atoms with Gasteiger partial charge in [-0.15, -0.1) is 0 Å². The Morgan fingerprint density at radius 2 is 0.378 bits per heavy atom. The van der Waals surface area contributed by atoms with E-state index in [1.165, 1.54) is 342 Å². The van der Waals surface area contributed by atoms with Crippen molar-refractivity contribution in [1.29, 1.82) is 0 Å². The van der Waals surface area contributed by atoms with E-state index < -0.39 is 8.60 Å². The molecule has 0 unspecified atom stereocenters. The van der Waals surface area contributed by atoms with E-state index in [4.69, 9.17) is 13.6 Å². The summed E-state index contributed by atoms with van der Waals surface area (Å²) >= 11 is 0. The van der Waals surface area contributed by atoms with Crippen LogP contribution in [-0.2, 0) is 38.5 Å². The molecule has 4 heteroatoms. The molecule has 0 aliphatic carbocycles. The van der Waals surface area contributed by atoms with Crippen molar-refractivity contribution in [3.05, 3.63) is 88.0 Å². The first kappa shape index (κ1) is 73.7. The minimum Gasteiger partial charge on any atom is -0.408 e. The fourth-order valence-electron chi connectivity index (χ4n) is 12.6. The molecular weight excluding hydrogens is 1020 g/mol. The maximum Gasteiger partial charge on any atom is 0.530 e. The van der Waals surface area contributed by atoms with Gasteiger partial charge in [-0.2, -0.15) is 0 Å². The first-order valence-electron chi connectivity index (χ1n) is 36.8. The maximum atomic E-state index is 7.50. The average Bonchev–Trinajstić information content (AvgIpc) is 3.63. The SMILES string of the molecule is CCCCCCCCCCc1cccc(OP(Oc2cccc(CCCCCCCCCC)c2CCCCCCCCCC)Oc2cccc(CCCCCCCCCC)c2CCCCCCCCCC)c1CCCCCCCCCC. The normalized spacial score (nSPS) is 11.6. The standard InChI is InChI=1S/C78H135O3P/c1-7-13-19-25-31-37-43-49-58-70-61-55-67-76(73(70)64-52-46-40-34-28-22-16-10-4)79-82(80-77-68-56-62-71(59-50-44-38-32-26-20-14-8-2)74(77)65-53-47-41-35-29-23-17-11-5)81-78-69-57-63-72(60-51-45-39-33-27-21-15-9-3)75(78)66-54-48-42-36-30-24-18-12-6/h55-57,61-63,67-69H,7-54,58-60,64-66H2,1-6H3. The first-order valence-corrected chi connectivity index (χ1v) is 37.9. The van der Waals surface area contributed by atoms with Gasteiger partial charge in [-0.1, -0.05) is 348 Å². The van der Waals surface area contributed by atoms with Crippen molar-refractivity contribution in [2.24, 2.45) is 0 Å². The summed E-state index contributed by atoms with van der Waals surface area (Å²) < 4.78 is 22.5. The second-order valence-corrected chi connectivity index (χ2v) is 26.5. The molecule has 0 radical (unpaired) electrons. The fraction of sp³-hybridized carbons (Fsp3) is 0.769. The van der Waals surface area contributed by atoms with Crippen LogP contribution in [0.5, 0.6) is 17.2 Å². The van der Waals surface area contributed by atoms with Gasteiger partial charge in [-0.05, 0) is 129 Å². The molecule has 3 aromatic carbocycles. The summed E-state index contributed by atoms with van der Waals surface area (Å²) in [7, 11) is -1.85. The Kier molecular flexibility index (Phi) is 48.5. The van der Waals surface area contributed by atoms with Crippen molar-refractivity contribution in [3.8, 4) is 17.2 Å².